The molecule has 1 N–H and O–H groups in total. The van der Waals surface area contributed by atoms with Gasteiger partial charge in [0.05, 0.1) is 6.61 Å². The lowest BCUT2D eigenvalue weighted by molar-refractivity contribution is -0.167. The first-order valence-corrected chi connectivity index (χ1v) is 7.34. The zero-order chi connectivity index (χ0) is 17.0. The van der Waals surface area contributed by atoms with Crippen molar-refractivity contribution in [2.75, 3.05) is 6.61 Å². The fourth-order valence-corrected chi connectivity index (χ4v) is 2.38. The first-order valence-electron chi connectivity index (χ1n) is 7.34. The van der Waals surface area contributed by atoms with Gasteiger partial charge in [0, 0.05) is 6.42 Å². The van der Waals surface area contributed by atoms with Gasteiger partial charge in [-0.25, -0.2) is 4.79 Å². The van der Waals surface area contributed by atoms with Gasteiger partial charge in [0.1, 0.15) is 12.1 Å². The van der Waals surface area contributed by atoms with Gasteiger partial charge in [-0.2, -0.15) is 0 Å². The number of nitrogens with one attached hydrogen (secondary N) is 1. The second kappa shape index (κ2) is 7.04. The summed E-state index contributed by atoms with van der Waals surface area (Å²) in [5, 5.41) is 2.39. The van der Waals surface area contributed by atoms with E-state index in [0.29, 0.717) is 4.90 Å². The van der Waals surface area contributed by atoms with E-state index in [1.54, 1.807) is 6.92 Å². The van der Waals surface area contributed by atoms with Gasteiger partial charge < -0.3 is 10.1 Å². The van der Waals surface area contributed by atoms with Gasteiger partial charge in [-0.05, 0) is 19.4 Å². The smallest absolute Gasteiger partial charge is 0.329 e. The number of piperazine rings is 1. The van der Waals surface area contributed by atoms with Crippen molar-refractivity contribution in [1.29, 1.82) is 0 Å². The van der Waals surface area contributed by atoms with E-state index in [9.17, 15) is 19.2 Å². The molecule has 0 aliphatic carbocycles. The minimum Gasteiger partial charge on any atom is -0.464 e. The van der Waals surface area contributed by atoms with E-state index in [-0.39, 0.29) is 13.0 Å². The molecule has 1 aliphatic rings. The lowest BCUT2D eigenvalue weighted by Gasteiger charge is -2.33. The molecule has 0 spiro atoms. The minimum absolute atomic E-state index is 0.124. The Balaban J connectivity index is 2.21. The Morgan fingerprint density at radius 3 is 2.52 bits per heavy atom. The van der Waals surface area contributed by atoms with Crippen LogP contribution >= 0.6 is 0 Å². The summed E-state index contributed by atoms with van der Waals surface area (Å²) in [4.78, 5) is 48.8. The third-order valence-corrected chi connectivity index (χ3v) is 3.55. The van der Waals surface area contributed by atoms with Crippen LogP contribution in [0.3, 0.4) is 0 Å². The highest BCUT2D eigenvalue weighted by Gasteiger charge is 2.44. The van der Waals surface area contributed by atoms with Crippen molar-refractivity contribution in [1.82, 2.24) is 10.2 Å². The molecule has 2 atom stereocenters. The van der Waals surface area contributed by atoms with Crippen LogP contribution in [0.4, 0.5) is 0 Å². The van der Waals surface area contributed by atoms with Crippen LogP contribution in [0.25, 0.3) is 0 Å². The van der Waals surface area contributed by atoms with Crippen LogP contribution in [0.1, 0.15) is 19.4 Å². The molecule has 1 saturated heterocycles. The van der Waals surface area contributed by atoms with E-state index in [0.717, 1.165) is 5.56 Å². The largest absolute Gasteiger partial charge is 0.464 e. The number of rotatable bonds is 5. The van der Waals surface area contributed by atoms with Crippen LogP contribution in [-0.4, -0.2) is 47.3 Å². The van der Waals surface area contributed by atoms with Gasteiger partial charge in [-0.15, -0.1) is 0 Å². The Morgan fingerprint density at radius 2 is 1.91 bits per heavy atom. The second-order valence-corrected chi connectivity index (χ2v) is 5.16. The van der Waals surface area contributed by atoms with Crippen LogP contribution < -0.4 is 5.32 Å². The number of imide groups is 1. The summed E-state index contributed by atoms with van der Waals surface area (Å²) in [5.74, 6) is -3.28. The molecule has 1 aromatic carbocycles. The zero-order valence-corrected chi connectivity index (χ0v) is 12.9. The van der Waals surface area contributed by atoms with E-state index in [4.69, 9.17) is 4.74 Å². The van der Waals surface area contributed by atoms with E-state index in [2.05, 4.69) is 5.32 Å². The van der Waals surface area contributed by atoms with Crippen molar-refractivity contribution < 1.29 is 23.9 Å². The van der Waals surface area contributed by atoms with Crippen LogP contribution in [0.2, 0.25) is 0 Å². The van der Waals surface area contributed by atoms with Crippen molar-refractivity contribution in [3.63, 3.8) is 0 Å². The molecule has 7 heteroatoms. The number of carbonyl (C=O) groups is 4. The molecule has 122 valence electrons. The highest BCUT2D eigenvalue weighted by Crippen LogP contribution is 2.14. The molecule has 1 aliphatic heterocycles. The Hall–Kier alpha value is -2.70. The molecule has 1 unspecified atom stereocenters. The SMILES string of the molecule is CCOC(=O)C(C)N1C(=O)C(=O)N[C@@H](Cc2ccccc2)C1=O. The molecular weight excluding hydrogens is 300 g/mol. The molecule has 0 aromatic heterocycles. The predicted molar refractivity (Wildman–Crippen MR) is 80.0 cm³/mol. The monoisotopic (exact) mass is 318 g/mol. The summed E-state index contributed by atoms with van der Waals surface area (Å²) < 4.78 is 4.83. The Morgan fingerprint density at radius 1 is 1.26 bits per heavy atom. The highest BCUT2D eigenvalue weighted by atomic mass is 16.5. The van der Waals surface area contributed by atoms with Crippen molar-refractivity contribution >= 4 is 23.7 Å². The molecule has 1 fully saturated rings. The van der Waals surface area contributed by atoms with Crippen LogP contribution in [0, 0.1) is 0 Å². The van der Waals surface area contributed by atoms with Crippen molar-refractivity contribution in [3.05, 3.63) is 35.9 Å². The second-order valence-electron chi connectivity index (χ2n) is 5.16. The zero-order valence-electron chi connectivity index (χ0n) is 12.9. The highest BCUT2D eigenvalue weighted by molar-refractivity contribution is 6.40. The molecule has 7 nitrogen and oxygen atoms in total. The van der Waals surface area contributed by atoms with E-state index < -0.39 is 35.8 Å². The number of carbonyl (C=O) groups excluding carboxylic acids is 4. The van der Waals surface area contributed by atoms with E-state index >= 15 is 0 Å². The number of esters is 1. The van der Waals surface area contributed by atoms with Gasteiger partial charge >= 0.3 is 17.8 Å². The van der Waals surface area contributed by atoms with Crippen LogP contribution in [0.15, 0.2) is 30.3 Å². The maximum atomic E-state index is 12.5. The quantitative estimate of drug-likeness (QED) is 0.470. The maximum Gasteiger partial charge on any atom is 0.329 e. The molecular formula is C16H18N2O5. The first kappa shape index (κ1) is 16.7. The summed E-state index contributed by atoms with van der Waals surface area (Å²) in [6, 6.07) is 7.06. The molecule has 23 heavy (non-hydrogen) atoms. The summed E-state index contributed by atoms with van der Waals surface area (Å²) >= 11 is 0. The number of nitrogens with zero attached hydrogens (tertiary/aromatic N) is 1. The lowest BCUT2D eigenvalue weighted by atomic mass is 10.0. The summed E-state index contributed by atoms with van der Waals surface area (Å²) in [6.07, 6.45) is 0.241. The van der Waals surface area contributed by atoms with Gasteiger partial charge in [0.15, 0.2) is 0 Å². The summed E-state index contributed by atoms with van der Waals surface area (Å²) in [6.45, 7) is 3.11. The number of hydrogen-bond donors (Lipinski definition) is 1. The number of amides is 3. The average Bonchev–Trinajstić information content (AvgIpc) is 2.54. The van der Waals surface area contributed by atoms with Gasteiger partial charge in [-0.1, -0.05) is 30.3 Å². The minimum atomic E-state index is -1.14. The third-order valence-electron chi connectivity index (χ3n) is 3.55. The van der Waals surface area contributed by atoms with Crippen LogP contribution in [-0.2, 0) is 30.3 Å². The summed E-state index contributed by atoms with van der Waals surface area (Å²) in [5.41, 5.74) is 0.837. The average molecular weight is 318 g/mol. The number of hydrogen-bond acceptors (Lipinski definition) is 5. The molecule has 3 amide bonds. The standard InChI is InChI=1S/C16H18N2O5/c1-3-23-16(22)10(2)18-14(20)12(17-13(19)15(18)21)9-11-7-5-4-6-8-11/h4-8,10,12H,3,9H2,1-2H3,(H,17,19)/t10?,12-/m0/s1. The lowest BCUT2D eigenvalue weighted by Crippen LogP contribution is -2.65. The Bertz CT molecular complexity index is 629. The fraction of sp³-hybridized carbons (Fsp3) is 0.375. The molecule has 0 radical (unpaired) electrons. The van der Waals surface area contributed by atoms with Crippen molar-refractivity contribution in [2.24, 2.45) is 0 Å². The normalized spacial score (nSPS) is 19.3. The maximum absolute atomic E-state index is 12.5. The predicted octanol–water partition coefficient (Wildman–Crippen LogP) is 0.0343. The van der Waals surface area contributed by atoms with Gasteiger partial charge in [0.25, 0.3) is 5.91 Å². The summed E-state index contributed by atoms with van der Waals surface area (Å²) in [7, 11) is 0. The van der Waals surface area contributed by atoms with Crippen molar-refractivity contribution in [3.8, 4) is 0 Å². The molecule has 2 rings (SSSR count). The van der Waals surface area contributed by atoms with E-state index in [1.165, 1.54) is 6.92 Å². The van der Waals surface area contributed by atoms with Crippen molar-refractivity contribution in [2.45, 2.75) is 32.4 Å². The molecule has 1 aromatic rings. The topological polar surface area (TPSA) is 92.8 Å². The van der Waals surface area contributed by atoms with Crippen LogP contribution in [0.5, 0.6) is 0 Å². The third kappa shape index (κ3) is 3.56. The molecule has 1 heterocycles. The van der Waals surface area contributed by atoms with E-state index in [1.807, 2.05) is 30.3 Å². The fourth-order valence-electron chi connectivity index (χ4n) is 2.38. The number of ether oxygens (including phenoxy) is 1. The Labute approximate surface area is 133 Å². The molecule has 0 bridgehead atoms. The molecule has 0 saturated carbocycles. The Kier molecular flexibility index (Phi) is 5.10. The van der Waals surface area contributed by atoms with Gasteiger partial charge in [0.2, 0.25) is 0 Å². The van der Waals surface area contributed by atoms with Gasteiger partial charge in [-0.3, -0.25) is 19.3 Å². The number of benzene rings is 1. The first-order chi connectivity index (χ1) is 11.0.